The summed E-state index contributed by atoms with van der Waals surface area (Å²) in [4.78, 5) is 0. The lowest BCUT2D eigenvalue weighted by molar-refractivity contribution is -0.305. The Bertz CT molecular complexity index is 409. The van der Waals surface area contributed by atoms with Gasteiger partial charge < -0.3 is 9.47 Å². The summed E-state index contributed by atoms with van der Waals surface area (Å²) in [7, 11) is 0. The van der Waals surface area contributed by atoms with Gasteiger partial charge in [0, 0.05) is 6.42 Å². The standard InChI is InChI=1S/C19H30F6O2/c1-3-4-5-6-7-8-9-10-11-12-13-14-17(2,26-15-18(20,21)22)27-16-19(23,24)25/h7-8,11-12H,3-6,9-10,13-16H2,1-2H3. The van der Waals surface area contributed by atoms with E-state index in [-0.39, 0.29) is 12.8 Å². The first-order valence-electron chi connectivity index (χ1n) is 9.19. The van der Waals surface area contributed by atoms with Crippen LogP contribution >= 0.6 is 0 Å². The molecule has 0 aromatic rings. The molecule has 0 rings (SSSR count). The van der Waals surface area contributed by atoms with E-state index in [1.807, 2.05) is 6.08 Å². The number of hydrogen-bond donors (Lipinski definition) is 0. The first-order valence-corrected chi connectivity index (χ1v) is 9.19. The van der Waals surface area contributed by atoms with Crippen molar-refractivity contribution in [1.82, 2.24) is 0 Å². The summed E-state index contributed by atoms with van der Waals surface area (Å²) in [5.41, 5.74) is 0. The van der Waals surface area contributed by atoms with Crippen molar-refractivity contribution in [1.29, 1.82) is 0 Å². The maximum absolute atomic E-state index is 12.3. The molecule has 0 aliphatic carbocycles. The SMILES string of the molecule is CCCCCC=CCCC=CCCC(C)(OCC(F)(F)F)OCC(F)(F)F. The molecule has 0 bridgehead atoms. The molecule has 0 aromatic carbocycles. The second-order valence-corrected chi connectivity index (χ2v) is 6.50. The number of hydrogen-bond acceptors (Lipinski definition) is 2. The van der Waals surface area contributed by atoms with Gasteiger partial charge in [-0.3, -0.25) is 0 Å². The molecule has 0 heterocycles. The third-order valence-corrected chi connectivity index (χ3v) is 3.66. The van der Waals surface area contributed by atoms with Gasteiger partial charge in [0.2, 0.25) is 0 Å². The van der Waals surface area contributed by atoms with E-state index < -0.39 is 31.4 Å². The average molecular weight is 404 g/mol. The van der Waals surface area contributed by atoms with Gasteiger partial charge in [-0.2, -0.15) is 26.3 Å². The molecule has 0 aromatic heterocycles. The predicted octanol–water partition coefficient (Wildman–Crippen LogP) is 7.11. The highest BCUT2D eigenvalue weighted by molar-refractivity contribution is 4.89. The minimum Gasteiger partial charge on any atom is -0.341 e. The van der Waals surface area contributed by atoms with Gasteiger partial charge in [-0.05, 0) is 39.0 Å². The van der Waals surface area contributed by atoms with Crippen molar-refractivity contribution >= 4 is 0 Å². The Hall–Kier alpha value is -1.02. The predicted molar refractivity (Wildman–Crippen MR) is 93.3 cm³/mol. The lowest BCUT2D eigenvalue weighted by Gasteiger charge is -2.30. The molecule has 8 heteroatoms. The number of ether oxygens (including phenoxy) is 2. The number of halogens is 6. The van der Waals surface area contributed by atoms with Crippen LogP contribution in [0.2, 0.25) is 0 Å². The van der Waals surface area contributed by atoms with E-state index >= 15 is 0 Å². The maximum atomic E-state index is 12.3. The van der Waals surface area contributed by atoms with Gasteiger partial charge in [-0.1, -0.05) is 44.1 Å². The maximum Gasteiger partial charge on any atom is 0.411 e. The van der Waals surface area contributed by atoms with Gasteiger partial charge in [0.25, 0.3) is 0 Å². The monoisotopic (exact) mass is 404 g/mol. The highest BCUT2D eigenvalue weighted by Crippen LogP contribution is 2.27. The van der Waals surface area contributed by atoms with Crippen LogP contribution in [0.4, 0.5) is 26.3 Å². The van der Waals surface area contributed by atoms with Crippen molar-refractivity contribution in [3.63, 3.8) is 0 Å². The molecule has 0 unspecified atom stereocenters. The molecule has 0 spiro atoms. The zero-order chi connectivity index (χ0) is 20.8. The minimum absolute atomic E-state index is 0.109. The summed E-state index contributed by atoms with van der Waals surface area (Å²) < 4.78 is 83.0. The smallest absolute Gasteiger partial charge is 0.341 e. The van der Waals surface area contributed by atoms with Crippen LogP contribution in [0.5, 0.6) is 0 Å². The summed E-state index contributed by atoms with van der Waals surface area (Å²) in [5, 5.41) is 0. The Morgan fingerprint density at radius 1 is 0.667 bits per heavy atom. The third-order valence-electron chi connectivity index (χ3n) is 3.66. The van der Waals surface area contributed by atoms with Crippen molar-refractivity contribution in [2.24, 2.45) is 0 Å². The Morgan fingerprint density at radius 3 is 1.56 bits per heavy atom. The molecule has 0 fully saturated rings. The van der Waals surface area contributed by atoms with Crippen molar-refractivity contribution in [2.45, 2.75) is 83.4 Å². The number of allylic oxidation sites excluding steroid dienone is 4. The van der Waals surface area contributed by atoms with Crippen LogP contribution in [0.15, 0.2) is 24.3 Å². The van der Waals surface area contributed by atoms with E-state index in [0.717, 1.165) is 32.6 Å². The quantitative estimate of drug-likeness (QED) is 0.133. The van der Waals surface area contributed by atoms with Crippen molar-refractivity contribution in [3.05, 3.63) is 24.3 Å². The van der Waals surface area contributed by atoms with Gasteiger partial charge in [0.1, 0.15) is 13.2 Å². The molecule has 0 saturated carbocycles. The molecule has 0 aliphatic rings. The third kappa shape index (κ3) is 18.1. The molecule has 160 valence electrons. The fourth-order valence-corrected chi connectivity index (χ4v) is 2.18. The van der Waals surface area contributed by atoms with E-state index in [1.54, 1.807) is 6.08 Å². The Morgan fingerprint density at radius 2 is 1.11 bits per heavy atom. The van der Waals surface area contributed by atoms with Crippen molar-refractivity contribution in [3.8, 4) is 0 Å². The van der Waals surface area contributed by atoms with Crippen LogP contribution in [0.3, 0.4) is 0 Å². The normalized spacial score (nSPS) is 13.9. The zero-order valence-corrected chi connectivity index (χ0v) is 16.0. The van der Waals surface area contributed by atoms with Crippen LogP contribution < -0.4 is 0 Å². The molecule has 2 nitrogen and oxygen atoms in total. The number of unbranched alkanes of at least 4 members (excludes halogenated alkanes) is 4. The van der Waals surface area contributed by atoms with E-state index in [9.17, 15) is 26.3 Å². The van der Waals surface area contributed by atoms with Crippen LogP contribution in [0.25, 0.3) is 0 Å². The largest absolute Gasteiger partial charge is 0.411 e. The fraction of sp³-hybridized carbons (Fsp3) is 0.789. The molecule has 0 N–H and O–H groups in total. The lowest BCUT2D eigenvalue weighted by atomic mass is 10.1. The van der Waals surface area contributed by atoms with Gasteiger partial charge in [0.15, 0.2) is 5.79 Å². The van der Waals surface area contributed by atoms with Crippen LogP contribution in [0.1, 0.15) is 65.2 Å². The Labute approximate surface area is 157 Å². The van der Waals surface area contributed by atoms with E-state index in [0.29, 0.717) is 0 Å². The summed E-state index contributed by atoms with van der Waals surface area (Å²) in [6, 6.07) is 0. The molecule has 0 aliphatic heterocycles. The lowest BCUT2D eigenvalue weighted by Crippen LogP contribution is -2.39. The molecule has 0 amide bonds. The number of alkyl halides is 6. The Balaban J connectivity index is 4.26. The molecular formula is C19H30F6O2. The zero-order valence-electron chi connectivity index (χ0n) is 16.0. The summed E-state index contributed by atoms with van der Waals surface area (Å²) >= 11 is 0. The van der Waals surface area contributed by atoms with E-state index in [2.05, 4.69) is 28.5 Å². The summed E-state index contributed by atoms with van der Waals surface area (Å²) in [6.07, 6.45) is 4.83. The molecule has 0 atom stereocenters. The highest BCUT2D eigenvalue weighted by atomic mass is 19.4. The van der Waals surface area contributed by atoms with Crippen molar-refractivity contribution < 1.29 is 35.8 Å². The van der Waals surface area contributed by atoms with Gasteiger partial charge >= 0.3 is 12.4 Å². The van der Waals surface area contributed by atoms with Gasteiger partial charge in [-0.15, -0.1) is 0 Å². The topological polar surface area (TPSA) is 18.5 Å². The van der Waals surface area contributed by atoms with Crippen molar-refractivity contribution in [2.75, 3.05) is 13.2 Å². The van der Waals surface area contributed by atoms with Crippen LogP contribution in [-0.2, 0) is 9.47 Å². The average Bonchev–Trinajstić information content (AvgIpc) is 2.55. The van der Waals surface area contributed by atoms with Crippen LogP contribution in [0, 0.1) is 0 Å². The summed E-state index contributed by atoms with van der Waals surface area (Å²) in [6.45, 7) is -0.0824. The molecule has 0 radical (unpaired) electrons. The van der Waals surface area contributed by atoms with Gasteiger partial charge in [-0.25, -0.2) is 0 Å². The molecular weight excluding hydrogens is 374 g/mol. The molecule has 27 heavy (non-hydrogen) atoms. The number of rotatable bonds is 14. The van der Waals surface area contributed by atoms with Crippen LogP contribution in [-0.4, -0.2) is 31.4 Å². The molecule has 0 saturated heterocycles. The summed E-state index contributed by atoms with van der Waals surface area (Å²) in [5.74, 6) is -1.95. The first kappa shape index (κ1) is 26.0. The van der Waals surface area contributed by atoms with E-state index in [1.165, 1.54) is 12.8 Å². The van der Waals surface area contributed by atoms with E-state index in [4.69, 9.17) is 0 Å². The Kier molecular flexibility index (Phi) is 12.7. The second-order valence-electron chi connectivity index (χ2n) is 6.50. The fourth-order valence-electron chi connectivity index (χ4n) is 2.18. The highest BCUT2D eigenvalue weighted by Gasteiger charge is 2.38. The van der Waals surface area contributed by atoms with Gasteiger partial charge in [0.05, 0.1) is 0 Å². The second kappa shape index (κ2) is 13.2. The minimum atomic E-state index is -4.64. The first-order chi connectivity index (χ1) is 12.5.